The molecular formula is C20H21Cl2N5O. The van der Waals surface area contributed by atoms with E-state index in [-0.39, 0.29) is 12.3 Å². The summed E-state index contributed by atoms with van der Waals surface area (Å²) in [6.07, 6.45) is 6.08. The number of halogens is 2. The maximum atomic E-state index is 12.5. The van der Waals surface area contributed by atoms with Crippen LogP contribution in [-0.4, -0.2) is 40.4 Å². The minimum atomic E-state index is 0.164. The van der Waals surface area contributed by atoms with E-state index in [1.165, 1.54) is 0 Å². The van der Waals surface area contributed by atoms with Crippen molar-refractivity contribution in [2.75, 3.05) is 29.9 Å². The number of rotatable bonds is 6. The Morgan fingerprint density at radius 2 is 2.18 bits per heavy atom. The van der Waals surface area contributed by atoms with Gasteiger partial charge in [0.15, 0.2) is 5.78 Å². The zero-order valence-electron chi connectivity index (χ0n) is 15.3. The highest BCUT2D eigenvalue weighted by Gasteiger charge is 2.24. The van der Waals surface area contributed by atoms with Crippen LogP contribution >= 0.6 is 23.2 Å². The minimum Gasteiger partial charge on any atom is -0.377 e. The molecule has 1 aliphatic heterocycles. The van der Waals surface area contributed by atoms with Gasteiger partial charge in [0.25, 0.3) is 0 Å². The van der Waals surface area contributed by atoms with Crippen LogP contribution in [0.4, 0.5) is 11.5 Å². The second kappa shape index (κ2) is 8.37. The van der Waals surface area contributed by atoms with Gasteiger partial charge in [0.05, 0.1) is 27.7 Å². The maximum absolute atomic E-state index is 12.5. The molecule has 0 unspecified atom stereocenters. The first kappa shape index (κ1) is 19.0. The van der Waals surface area contributed by atoms with E-state index in [2.05, 4.69) is 25.2 Å². The fraction of sp³-hybridized carbons (Fsp3) is 0.350. The molecule has 1 saturated heterocycles. The zero-order valence-corrected chi connectivity index (χ0v) is 16.8. The second-order valence-corrected chi connectivity index (χ2v) is 7.87. The Balaban J connectivity index is 1.36. The summed E-state index contributed by atoms with van der Waals surface area (Å²) in [6, 6.07) is 7.35. The van der Waals surface area contributed by atoms with E-state index < -0.39 is 0 Å². The Kier molecular flexibility index (Phi) is 5.69. The number of nitrogens with zero attached hydrogens (tertiary/aromatic N) is 3. The SMILES string of the molecule is O=C(CNc1cccc(Cl)c1Cl)C[C@@H]1CCCN(c2ncnc3[nH]ccc23)C1. The number of aromatic nitrogens is 3. The number of ketones is 1. The Labute approximate surface area is 173 Å². The quantitative estimate of drug-likeness (QED) is 0.614. The third-order valence-electron chi connectivity index (χ3n) is 5.10. The molecule has 8 heteroatoms. The van der Waals surface area contributed by atoms with E-state index in [9.17, 15) is 4.79 Å². The van der Waals surface area contributed by atoms with E-state index in [1.54, 1.807) is 12.4 Å². The van der Waals surface area contributed by atoms with E-state index in [0.29, 0.717) is 28.1 Å². The molecule has 4 rings (SSSR count). The van der Waals surface area contributed by atoms with E-state index in [0.717, 1.165) is 42.8 Å². The summed E-state index contributed by atoms with van der Waals surface area (Å²) in [5, 5.41) is 5.04. The summed E-state index contributed by atoms with van der Waals surface area (Å²) in [5.74, 6) is 1.41. The van der Waals surface area contributed by atoms with Crippen molar-refractivity contribution in [3.8, 4) is 0 Å². The summed E-state index contributed by atoms with van der Waals surface area (Å²) >= 11 is 12.2. The first-order chi connectivity index (χ1) is 13.6. The first-order valence-corrected chi connectivity index (χ1v) is 10.1. The first-order valence-electron chi connectivity index (χ1n) is 9.34. The summed E-state index contributed by atoms with van der Waals surface area (Å²) < 4.78 is 0. The third kappa shape index (κ3) is 4.08. The molecule has 1 aliphatic rings. The van der Waals surface area contributed by atoms with Gasteiger partial charge in [-0.3, -0.25) is 4.79 Å². The lowest BCUT2D eigenvalue weighted by atomic mass is 9.92. The largest absolute Gasteiger partial charge is 0.377 e. The lowest BCUT2D eigenvalue weighted by Crippen LogP contribution is -2.37. The van der Waals surface area contributed by atoms with Crippen molar-refractivity contribution in [2.24, 2.45) is 5.92 Å². The van der Waals surface area contributed by atoms with Crippen molar-refractivity contribution in [3.63, 3.8) is 0 Å². The van der Waals surface area contributed by atoms with Crippen LogP contribution in [-0.2, 0) is 4.79 Å². The van der Waals surface area contributed by atoms with Gasteiger partial charge in [-0.2, -0.15) is 0 Å². The highest BCUT2D eigenvalue weighted by atomic mass is 35.5. The molecule has 0 bridgehead atoms. The monoisotopic (exact) mass is 417 g/mol. The van der Waals surface area contributed by atoms with Crippen LogP contribution in [0.25, 0.3) is 11.0 Å². The summed E-state index contributed by atoms with van der Waals surface area (Å²) in [5.41, 5.74) is 1.52. The number of aromatic amines is 1. The Hall–Kier alpha value is -2.31. The van der Waals surface area contributed by atoms with Gasteiger partial charge < -0.3 is 15.2 Å². The molecule has 28 heavy (non-hydrogen) atoms. The predicted octanol–water partition coefficient (Wildman–Crippen LogP) is 4.55. The molecule has 0 aliphatic carbocycles. The number of H-pyrrole nitrogens is 1. The summed E-state index contributed by atoms with van der Waals surface area (Å²) in [6.45, 7) is 2.01. The minimum absolute atomic E-state index is 0.164. The highest BCUT2D eigenvalue weighted by molar-refractivity contribution is 6.43. The molecule has 1 atom stereocenters. The average Bonchev–Trinajstić information content (AvgIpc) is 3.18. The number of hydrogen-bond donors (Lipinski definition) is 2. The number of Topliss-reactive ketones (excluding diaryl/α,β-unsaturated/α-hetero) is 1. The average molecular weight is 418 g/mol. The second-order valence-electron chi connectivity index (χ2n) is 7.09. The molecule has 1 fully saturated rings. The fourth-order valence-electron chi connectivity index (χ4n) is 3.76. The Morgan fingerprint density at radius 1 is 1.29 bits per heavy atom. The van der Waals surface area contributed by atoms with Crippen molar-refractivity contribution in [1.82, 2.24) is 15.0 Å². The van der Waals surface area contributed by atoms with Crippen molar-refractivity contribution < 1.29 is 4.79 Å². The summed E-state index contributed by atoms with van der Waals surface area (Å²) in [4.78, 5) is 26.6. The van der Waals surface area contributed by atoms with Gasteiger partial charge in [0.1, 0.15) is 17.8 Å². The number of hydrogen-bond acceptors (Lipinski definition) is 5. The number of carbonyl (C=O) groups excluding carboxylic acids is 1. The molecule has 3 aromatic rings. The van der Waals surface area contributed by atoms with E-state index >= 15 is 0 Å². The van der Waals surface area contributed by atoms with Gasteiger partial charge in [0, 0.05) is 25.7 Å². The van der Waals surface area contributed by atoms with Crippen LogP contribution < -0.4 is 10.2 Å². The zero-order chi connectivity index (χ0) is 19.5. The Bertz CT molecular complexity index is 990. The number of anilines is 2. The molecule has 0 amide bonds. The van der Waals surface area contributed by atoms with Crippen LogP contribution in [0.15, 0.2) is 36.8 Å². The molecule has 146 valence electrons. The molecule has 1 aromatic carbocycles. The van der Waals surface area contributed by atoms with Crippen molar-refractivity contribution in [1.29, 1.82) is 0 Å². The topological polar surface area (TPSA) is 73.9 Å². The van der Waals surface area contributed by atoms with Gasteiger partial charge in [-0.05, 0) is 37.0 Å². The number of piperidine rings is 1. The van der Waals surface area contributed by atoms with Crippen LogP contribution in [0.5, 0.6) is 0 Å². The molecular weight excluding hydrogens is 397 g/mol. The molecule has 2 N–H and O–H groups in total. The molecule has 0 spiro atoms. The standard InChI is InChI=1S/C20H21Cl2N5O/c21-16-4-1-5-17(18(16)22)24-10-14(28)9-13-3-2-8-27(11-13)20-15-6-7-23-19(15)25-12-26-20/h1,4-7,12-13,24H,2-3,8-11H2,(H,23,25,26)/t13-/m0/s1. The van der Waals surface area contributed by atoms with Crippen molar-refractivity contribution in [2.45, 2.75) is 19.3 Å². The van der Waals surface area contributed by atoms with Crippen LogP contribution in [0.2, 0.25) is 10.0 Å². The molecule has 0 radical (unpaired) electrons. The van der Waals surface area contributed by atoms with Gasteiger partial charge >= 0.3 is 0 Å². The molecule has 6 nitrogen and oxygen atoms in total. The number of fused-ring (bicyclic) bond motifs is 1. The van der Waals surface area contributed by atoms with Gasteiger partial charge in [-0.15, -0.1) is 0 Å². The Morgan fingerprint density at radius 3 is 3.07 bits per heavy atom. The molecule has 2 aromatic heterocycles. The molecule has 0 saturated carbocycles. The smallest absolute Gasteiger partial charge is 0.152 e. The highest BCUT2D eigenvalue weighted by Crippen LogP contribution is 2.30. The third-order valence-corrected chi connectivity index (χ3v) is 5.91. The maximum Gasteiger partial charge on any atom is 0.152 e. The van der Waals surface area contributed by atoms with E-state index in [4.69, 9.17) is 23.2 Å². The lowest BCUT2D eigenvalue weighted by molar-refractivity contribution is -0.118. The van der Waals surface area contributed by atoms with Crippen molar-refractivity contribution >= 4 is 51.5 Å². The predicted molar refractivity (Wildman–Crippen MR) is 113 cm³/mol. The normalized spacial score (nSPS) is 17.1. The number of nitrogens with one attached hydrogen (secondary N) is 2. The fourth-order valence-corrected chi connectivity index (χ4v) is 4.13. The van der Waals surface area contributed by atoms with Crippen molar-refractivity contribution in [3.05, 3.63) is 46.8 Å². The number of carbonyl (C=O) groups is 1. The van der Waals surface area contributed by atoms with Gasteiger partial charge in [-0.25, -0.2) is 9.97 Å². The van der Waals surface area contributed by atoms with E-state index in [1.807, 2.05) is 24.4 Å². The van der Waals surface area contributed by atoms with Gasteiger partial charge in [0.2, 0.25) is 0 Å². The molecule has 3 heterocycles. The van der Waals surface area contributed by atoms with Crippen LogP contribution in [0.1, 0.15) is 19.3 Å². The summed E-state index contributed by atoms with van der Waals surface area (Å²) in [7, 11) is 0. The van der Waals surface area contributed by atoms with Gasteiger partial charge in [-0.1, -0.05) is 29.3 Å². The van der Waals surface area contributed by atoms with Crippen LogP contribution in [0, 0.1) is 5.92 Å². The number of benzene rings is 1. The van der Waals surface area contributed by atoms with Crippen LogP contribution in [0.3, 0.4) is 0 Å². The lowest BCUT2D eigenvalue weighted by Gasteiger charge is -2.33.